The molecule has 1 aliphatic heterocycles. The van der Waals surface area contributed by atoms with Gasteiger partial charge in [0.15, 0.2) is 0 Å². The fourth-order valence-electron chi connectivity index (χ4n) is 3.65. The van der Waals surface area contributed by atoms with Crippen LogP contribution >= 0.6 is 0 Å². The zero-order valence-electron chi connectivity index (χ0n) is 19.8. The van der Waals surface area contributed by atoms with E-state index in [1.807, 2.05) is 0 Å². The van der Waals surface area contributed by atoms with Gasteiger partial charge in [-0.05, 0) is 58.1 Å². The maximum absolute atomic E-state index is 13.8. The van der Waals surface area contributed by atoms with Gasteiger partial charge in [0.2, 0.25) is 0 Å². The number of benzene rings is 1. The molecule has 1 aliphatic rings. The monoisotopic (exact) mass is 468 g/mol. The summed E-state index contributed by atoms with van der Waals surface area (Å²) in [4.78, 5) is 25.5. The van der Waals surface area contributed by atoms with E-state index in [0.717, 1.165) is 16.8 Å². The van der Waals surface area contributed by atoms with Crippen LogP contribution in [0.5, 0.6) is 0 Å². The van der Waals surface area contributed by atoms with Crippen molar-refractivity contribution in [2.75, 3.05) is 6.61 Å². The zero-order chi connectivity index (χ0) is 24.9. The minimum atomic E-state index is -4.67. The largest absolute Gasteiger partial charge is 0.495 e. The molecule has 1 aromatic heterocycles. The van der Waals surface area contributed by atoms with Crippen molar-refractivity contribution in [3.05, 3.63) is 33.7 Å². The first-order valence-electron chi connectivity index (χ1n) is 10.8. The average molecular weight is 468 g/mol. The second kappa shape index (κ2) is 8.43. The van der Waals surface area contributed by atoms with Gasteiger partial charge in [0.25, 0.3) is 5.56 Å². The number of nitrogens with zero attached hydrogens (tertiary/aromatic N) is 2. The van der Waals surface area contributed by atoms with Gasteiger partial charge in [-0.3, -0.25) is 9.59 Å². The predicted molar refractivity (Wildman–Crippen MR) is 117 cm³/mol. The molecule has 0 saturated carbocycles. The lowest BCUT2D eigenvalue weighted by atomic mass is 9.75. The summed E-state index contributed by atoms with van der Waals surface area (Å²) < 4.78 is 59.3. The molecule has 3 rings (SSSR count). The molecule has 2 aromatic rings. The van der Waals surface area contributed by atoms with E-state index in [9.17, 15) is 22.8 Å². The highest BCUT2D eigenvalue weighted by atomic mass is 19.4. The smallest absolute Gasteiger partial charge is 0.465 e. The first-order chi connectivity index (χ1) is 15.1. The van der Waals surface area contributed by atoms with Crippen LogP contribution in [0.2, 0.25) is 0 Å². The lowest BCUT2D eigenvalue weighted by Crippen LogP contribution is -2.41. The molecule has 33 heavy (non-hydrogen) atoms. The van der Waals surface area contributed by atoms with Crippen LogP contribution in [0.4, 0.5) is 13.2 Å². The van der Waals surface area contributed by atoms with Crippen molar-refractivity contribution in [2.24, 2.45) is 0 Å². The van der Waals surface area contributed by atoms with Gasteiger partial charge < -0.3 is 14.0 Å². The summed E-state index contributed by atoms with van der Waals surface area (Å²) in [7, 11) is -1.22. The second-order valence-electron chi connectivity index (χ2n) is 9.38. The predicted octanol–water partition coefficient (Wildman–Crippen LogP) is 3.40. The number of esters is 1. The number of hydrogen-bond donors (Lipinski definition) is 0. The summed E-state index contributed by atoms with van der Waals surface area (Å²) in [5, 5.41) is 4.25. The van der Waals surface area contributed by atoms with Gasteiger partial charge in [0, 0.05) is 5.39 Å². The van der Waals surface area contributed by atoms with E-state index in [4.69, 9.17) is 14.0 Å². The Morgan fingerprint density at radius 1 is 1.18 bits per heavy atom. The van der Waals surface area contributed by atoms with Crippen LogP contribution in [0.25, 0.3) is 10.8 Å². The van der Waals surface area contributed by atoms with E-state index < -0.39 is 48.1 Å². The van der Waals surface area contributed by atoms with Crippen molar-refractivity contribution in [3.63, 3.8) is 0 Å². The molecule has 180 valence electrons. The molecular formula is C22H28BF3N2O5. The van der Waals surface area contributed by atoms with Crippen molar-refractivity contribution in [3.8, 4) is 0 Å². The average Bonchev–Trinajstić information content (AvgIpc) is 2.89. The van der Waals surface area contributed by atoms with Gasteiger partial charge >= 0.3 is 19.3 Å². The third-order valence-corrected chi connectivity index (χ3v) is 6.09. The van der Waals surface area contributed by atoms with Crippen LogP contribution in [0.3, 0.4) is 0 Å². The lowest BCUT2D eigenvalue weighted by molar-refractivity contribution is -0.144. The maximum atomic E-state index is 13.8. The molecule has 1 saturated heterocycles. The van der Waals surface area contributed by atoms with Gasteiger partial charge in [0.1, 0.15) is 6.54 Å². The molecule has 0 amide bonds. The van der Waals surface area contributed by atoms with Crippen LogP contribution in [-0.2, 0) is 31.6 Å². The van der Waals surface area contributed by atoms with Gasteiger partial charge in [-0.25, -0.2) is 4.68 Å². The maximum Gasteiger partial charge on any atom is 0.495 e. The number of fused-ring (bicyclic) bond motifs is 1. The number of rotatable bonds is 5. The highest BCUT2D eigenvalue weighted by Gasteiger charge is 2.52. The van der Waals surface area contributed by atoms with Crippen molar-refractivity contribution >= 4 is 29.3 Å². The molecular weight excluding hydrogens is 440 g/mol. The molecule has 0 bridgehead atoms. The SMILES string of the molecule is CCOC(=O)Cn1nc(C(C)C)c2cc(C(F)(F)F)cc(B3OC(C)(C)C(C)(C)O3)c2c1=O. The van der Waals surface area contributed by atoms with Crippen molar-refractivity contribution in [1.29, 1.82) is 0 Å². The first kappa shape index (κ1) is 25.2. The Bertz CT molecular complexity index is 1130. The third-order valence-electron chi connectivity index (χ3n) is 6.09. The summed E-state index contributed by atoms with van der Waals surface area (Å²) in [6.45, 7) is 11.8. The molecule has 1 aromatic carbocycles. The van der Waals surface area contributed by atoms with E-state index >= 15 is 0 Å². The minimum absolute atomic E-state index is 0.0236. The van der Waals surface area contributed by atoms with E-state index in [1.54, 1.807) is 48.5 Å². The number of carbonyl (C=O) groups excluding carboxylic acids is 1. The van der Waals surface area contributed by atoms with Gasteiger partial charge in [-0.15, -0.1) is 0 Å². The number of ether oxygens (including phenoxy) is 1. The molecule has 7 nitrogen and oxygen atoms in total. The molecule has 0 atom stereocenters. The van der Waals surface area contributed by atoms with Crippen molar-refractivity contribution in [2.45, 2.75) is 78.3 Å². The number of hydrogen-bond acceptors (Lipinski definition) is 6. The molecule has 11 heteroatoms. The molecule has 0 spiro atoms. The highest BCUT2D eigenvalue weighted by molar-refractivity contribution is 6.65. The summed E-state index contributed by atoms with van der Waals surface area (Å²) in [6, 6.07) is 1.80. The van der Waals surface area contributed by atoms with Crippen LogP contribution in [-0.4, -0.2) is 40.7 Å². The van der Waals surface area contributed by atoms with E-state index in [2.05, 4.69) is 5.10 Å². The van der Waals surface area contributed by atoms with Crippen LogP contribution < -0.4 is 11.0 Å². The Labute approximate surface area is 190 Å². The van der Waals surface area contributed by atoms with Gasteiger partial charge in [-0.2, -0.15) is 18.3 Å². The summed E-state index contributed by atoms with van der Waals surface area (Å²) in [5.74, 6) is -1.01. The standard InChI is InChI=1S/C22H28BF3N2O5/c1-8-31-16(29)11-28-19(30)17-14(18(27-28)12(2)3)9-13(22(24,25)26)10-15(17)23-32-20(4,5)21(6,7)33-23/h9-10,12H,8,11H2,1-7H3. The molecule has 0 N–H and O–H groups in total. The van der Waals surface area contributed by atoms with Gasteiger partial charge in [-0.1, -0.05) is 13.8 Å². The summed E-state index contributed by atoms with van der Waals surface area (Å²) in [6.07, 6.45) is -4.67. The van der Waals surface area contributed by atoms with Crippen molar-refractivity contribution in [1.82, 2.24) is 9.78 Å². The van der Waals surface area contributed by atoms with Crippen LogP contribution in [0.1, 0.15) is 65.6 Å². The Balaban J connectivity index is 2.37. The quantitative estimate of drug-likeness (QED) is 0.495. The van der Waals surface area contributed by atoms with E-state index in [1.165, 1.54) is 0 Å². The summed E-state index contributed by atoms with van der Waals surface area (Å²) >= 11 is 0. The van der Waals surface area contributed by atoms with E-state index in [-0.39, 0.29) is 34.5 Å². The fraction of sp³-hybridized carbons (Fsp3) is 0.591. The number of halogens is 3. The fourth-order valence-corrected chi connectivity index (χ4v) is 3.65. The Morgan fingerprint density at radius 3 is 2.24 bits per heavy atom. The van der Waals surface area contributed by atoms with E-state index in [0.29, 0.717) is 0 Å². The topological polar surface area (TPSA) is 79.7 Å². The number of alkyl halides is 3. The lowest BCUT2D eigenvalue weighted by Gasteiger charge is -2.32. The van der Waals surface area contributed by atoms with Gasteiger partial charge in [0.05, 0.1) is 34.5 Å². The van der Waals surface area contributed by atoms with Crippen molar-refractivity contribution < 1.29 is 32.0 Å². The Kier molecular flexibility index (Phi) is 6.45. The molecule has 0 radical (unpaired) electrons. The highest BCUT2D eigenvalue weighted by Crippen LogP contribution is 2.38. The Hall–Kier alpha value is -2.40. The van der Waals surface area contributed by atoms with Crippen LogP contribution in [0, 0.1) is 0 Å². The Morgan fingerprint density at radius 2 is 1.76 bits per heavy atom. The first-order valence-corrected chi connectivity index (χ1v) is 10.8. The minimum Gasteiger partial charge on any atom is -0.465 e. The van der Waals surface area contributed by atoms with Crippen LogP contribution in [0.15, 0.2) is 16.9 Å². The molecule has 2 heterocycles. The number of carbonyl (C=O) groups is 1. The molecule has 1 fully saturated rings. The normalized spacial score (nSPS) is 17.7. The molecule has 0 aliphatic carbocycles. The summed E-state index contributed by atoms with van der Waals surface area (Å²) in [5.41, 5.74) is -3.14. The second-order valence-corrected chi connectivity index (χ2v) is 9.38. The molecule has 0 unspecified atom stereocenters. The zero-order valence-corrected chi connectivity index (χ0v) is 19.8. The third kappa shape index (κ3) is 4.66. The number of aromatic nitrogens is 2.